The molecule has 2 unspecified atom stereocenters. The van der Waals surface area contributed by atoms with Crippen LogP contribution in [0.25, 0.3) is 0 Å². The zero-order valence-electron chi connectivity index (χ0n) is 14.6. The highest BCUT2D eigenvalue weighted by Crippen LogP contribution is 2.30. The average Bonchev–Trinajstić information content (AvgIpc) is 3.11. The summed E-state index contributed by atoms with van der Waals surface area (Å²) in [7, 11) is 2.11. The zero-order valence-corrected chi connectivity index (χ0v) is 14.6. The molecule has 0 amide bonds. The minimum atomic E-state index is -0.0326. The minimum absolute atomic E-state index is 0.0326. The van der Waals surface area contributed by atoms with Gasteiger partial charge in [0.25, 0.3) is 0 Å². The highest BCUT2D eigenvalue weighted by atomic mass is 16.5. The Kier molecular flexibility index (Phi) is 4.15. The van der Waals surface area contributed by atoms with Crippen molar-refractivity contribution in [3.05, 3.63) is 41.5 Å². The SMILES string of the molecule is CC(C1Cc2ccccc2O1)N(C)Cc1nc(C(C)(C)C)n[nH]1. The lowest BCUT2D eigenvalue weighted by Crippen LogP contribution is -2.41. The monoisotopic (exact) mass is 314 g/mol. The normalized spacial score (nSPS) is 18.8. The maximum Gasteiger partial charge on any atom is 0.156 e. The van der Waals surface area contributed by atoms with Gasteiger partial charge in [0.1, 0.15) is 17.7 Å². The Balaban J connectivity index is 1.63. The van der Waals surface area contributed by atoms with Crippen LogP contribution in [0.15, 0.2) is 24.3 Å². The van der Waals surface area contributed by atoms with E-state index >= 15 is 0 Å². The number of nitrogens with one attached hydrogen (secondary N) is 1. The van der Waals surface area contributed by atoms with Crippen LogP contribution in [0.2, 0.25) is 0 Å². The van der Waals surface area contributed by atoms with Crippen molar-refractivity contribution in [2.24, 2.45) is 0 Å². The highest BCUT2D eigenvalue weighted by molar-refractivity contribution is 5.37. The first-order chi connectivity index (χ1) is 10.8. The van der Waals surface area contributed by atoms with E-state index in [4.69, 9.17) is 4.74 Å². The van der Waals surface area contributed by atoms with Crippen LogP contribution in [-0.2, 0) is 18.4 Å². The van der Waals surface area contributed by atoms with Gasteiger partial charge in [-0.3, -0.25) is 10.00 Å². The molecule has 0 spiro atoms. The van der Waals surface area contributed by atoms with Gasteiger partial charge in [0.2, 0.25) is 0 Å². The molecule has 124 valence electrons. The second-order valence-corrected chi connectivity index (χ2v) is 7.48. The van der Waals surface area contributed by atoms with E-state index in [1.165, 1.54) is 5.56 Å². The summed E-state index contributed by atoms with van der Waals surface area (Å²) in [5.74, 6) is 2.78. The molecule has 1 aliphatic heterocycles. The van der Waals surface area contributed by atoms with E-state index in [0.29, 0.717) is 6.04 Å². The maximum atomic E-state index is 6.10. The molecule has 1 aliphatic rings. The van der Waals surface area contributed by atoms with Crippen LogP contribution in [0, 0.1) is 0 Å². The predicted molar refractivity (Wildman–Crippen MR) is 90.6 cm³/mol. The Bertz CT molecular complexity index is 649. The first-order valence-corrected chi connectivity index (χ1v) is 8.21. The predicted octanol–water partition coefficient (Wildman–Crippen LogP) is 2.93. The number of likely N-dealkylation sites (N-methyl/N-ethyl adjacent to an activating group) is 1. The van der Waals surface area contributed by atoms with Crippen LogP contribution in [0.1, 0.15) is 44.9 Å². The molecular weight excluding hydrogens is 288 g/mol. The minimum Gasteiger partial charge on any atom is -0.488 e. The number of hydrogen-bond acceptors (Lipinski definition) is 4. The Morgan fingerprint density at radius 2 is 2.09 bits per heavy atom. The van der Waals surface area contributed by atoms with Crippen molar-refractivity contribution in [1.29, 1.82) is 0 Å². The number of aromatic amines is 1. The summed E-state index contributed by atoms with van der Waals surface area (Å²) in [4.78, 5) is 6.89. The van der Waals surface area contributed by atoms with Gasteiger partial charge in [0, 0.05) is 17.9 Å². The first kappa shape index (κ1) is 16.0. The summed E-state index contributed by atoms with van der Waals surface area (Å²) in [5, 5.41) is 7.40. The molecule has 5 heteroatoms. The van der Waals surface area contributed by atoms with Gasteiger partial charge in [-0.2, -0.15) is 5.10 Å². The van der Waals surface area contributed by atoms with Crippen molar-refractivity contribution in [2.45, 2.75) is 58.2 Å². The van der Waals surface area contributed by atoms with Gasteiger partial charge in [-0.1, -0.05) is 39.0 Å². The molecule has 23 heavy (non-hydrogen) atoms. The lowest BCUT2D eigenvalue weighted by Gasteiger charge is -2.28. The lowest BCUT2D eigenvalue weighted by atomic mass is 9.96. The van der Waals surface area contributed by atoms with E-state index in [1.54, 1.807) is 0 Å². The highest BCUT2D eigenvalue weighted by Gasteiger charge is 2.30. The number of fused-ring (bicyclic) bond motifs is 1. The topological polar surface area (TPSA) is 54.0 Å². The smallest absolute Gasteiger partial charge is 0.156 e. The Labute approximate surface area is 138 Å². The molecule has 0 aliphatic carbocycles. The molecule has 0 fully saturated rings. The van der Waals surface area contributed by atoms with Crippen molar-refractivity contribution >= 4 is 0 Å². The third-order valence-electron chi connectivity index (χ3n) is 4.51. The Hall–Kier alpha value is -1.88. The summed E-state index contributed by atoms with van der Waals surface area (Å²) in [5.41, 5.74) is 1.27. The van der Waals surface area contributed by atoms with E-state index in [0.717, 1.165) is 30.4 Å². The van der Waals surface area contributed by atoms with Crippen LogP contribution in [0.4, 0.5) is 0 Å². The first-order valence-electron chi connectivity index (χ1n) is 8.21. The summed E-state index contributed by atoms with van der Waals surface area (Å²) in [6.07, 6.45) is 1.15. The molecule has 2 aromatic rings. The molecule has 0 radical (unpaired) electrons. The molecule has 5 nitrogen and oxygen atoms in total. The Morgan fingerprint density at radius 3 is 2.74 bits per heavy atom. The number of hydrogen-bond donors (Lipinski definition) is 1. The van der Waals surface area contributed by atoms with Crippen molar-refractivity contribution in [1.82, 2.24) is 20.1 Å². The molecule has 0 bridgehead atoms. The van der Waals surface area contributed by atoms with Crippen molar-refractivity contribution in [3.8, 4) is 5.75 Å². The third kappa shape index (κ3) is 3.39. The fourth-order valence-corrected chi connectivity index (χ4v) is 2.84. The van der Waals surface area contributed by atoms with E-state index in [1.807, 2.05) is 12.1 Å². The van der Waals surface area contributed by atoms with Gasteiger partial charge in [-0.05, 0) is 25.6 Å². The molecule has 3 rings (SSSR count). The van der Waals surface area contributed by atoms with E-state index in [-0.39, 0.29) is 11.5 Å². The standard InChI is InChI=1S/C18H26N4O/c1-12(15-10-13-8-6-7-9-14(13)23-15)22(5)11-16-19-17(21-20-16)18(2,3)4/h6-9,12,15H,10-11H2,1-5H3,(H,19,20,21). The summed E-state index contributed by atoms with van der Waals surface area (Å²) in [6.45, 7) is 9.31. The number of aromatic nitrogens is 3. The number of nitrogens with zero attached hydrogens (tertiary/aromatic N) is 3. The van der Waals surface area contributed by atoms with E-state index < -0.39 is 0 Å². The molecule has 0 saturated carbocycles. The summed E-state index contributed by atoms with van der Waals surface area (Å²) in [6, 6.07) is 8.59. The van der Waals surface area contributed by atoms with Gasteiger partial charge in [-0.15, -0.1) is 0 Å². The van der Waals surface area contributed by atoms with Crippen LogP contribution in [-0.4, -0.2) is 39.3 Å². The van der Waals surface area contributed by atoms with Crippen molar-refractivity contribution in [2.75, 3.05) is 7.05 Å². The van der Waals surface area contributed by atoms with E-state index in [2.05, 4.69) is 67.0 Å². The second-order valence-electron chi connectivity index (χ2n) is 7.48. The van der Waals surface area contributed by atoms with Crippen LogP contribution in [0.5, 0.6) is 5.75 Å². The quantitative estimate of drug-likeness (QED) is 0.943. The lowest BCUT2D eigenvalue weighted by molar-refractivity contribution is 0.103. The van der Waals surface area contributed by atoms with Gasteiger partial charge >= 0.3 is 0 Å². The van der Waals surface area contributed by atoms with Crippen molar-refractivity contribution < 1.29 is 4.74 Å². The largest absolute Gasteiger partial charge is 0.488 e. The van der Waals surface area contributed by atoms with Gasteiger partial charge in [0.05, 0.1) is 6.54 Å². The number of benzene rings is 1. The fourth-order valence-electron chi connectivity index (χ4n) is 2.84. The van der Waals surface area contributed by atoms with Gasteiger partial charge < -0.3 is 4.74 Å². The summed E-state index contributed by atoms with van der Waals surface area (Å²) >= 11 is 0. The molecule has 0 saturated heterocycles. The van der Waals surface area contributed by atoms with Gasteiger partial charge in [0.15, 0.2) is 5.82 Å². The molecule has 1 aromatic heterocycles. The van der Waals surface area contributed by atoms with Crippen LogP contribution < -0.4 is 4.74 Å². The number of rotatable bonds is 4. The van der Waals surface area contributed by atoms with Crippen molar-refractivity contribution in [3.63, 3.8) is 0 Å². The second kappa shape index (κ2) is 5.96. The molecule has 1 aromatic carbocycles. The average molecular weight is 314 g/mol. The third-order valence-corrected chi connectivity index (χ3v) is 4.51. The zero-order chi connectivity index (χ0) is 16.6. The Morgan fingerprint density at radius 1 is 1.35 bits per heavy atom. The van der Waals surface area contributed by atoms with Crippen LogP contribution in [0.3, 0.4) is 0 Å². The molecule has 1 N–H and O–H groups in total. The van der Waals surface area contributed by atoms with Crippen LogP contribution >= 0.6 is 0 Å². The van der Waals surface area contributed by atoms with Gasteiger partial charge in [-0.25, -0.2) is 4.98 Å². The molecule has 2 heterocycles. The molecular formula is C18H26N4O. The molecule has 2 atom stereocenters. The number of para-hydroxylation sites is 1. The number of H-pyrrole nitrogens is 1. The van der Waals surface area contributed by atoms with E-state index in [9.17, 15) is 0 Å². The fraction of sp³-hybridized carbons (Fsp3) is 0.556. The number of ether oxygens (including phenoxy) is 1. The maximum absolute atomic E-state index is 6.10. The summed E-state index contributed by atoms with van der Waals surface area (Å²) < 4.78 is 6.10.